The molecule has 0 saturated heterocycles. The first-order chi connectivity index (χ1) is 14.4. The smallest absolute Gasteiger partial charge is 0.234 e. The molecule has 6 nitrogen and oxygen atoms in total. The van der Waals surface area contributed by atoms with E-state index >= 15 is 0 Å². The summed E-state index contributed by atoms with van der Waals surface area (Å²) in [6, 6.07) is 13.1. The maximum atomic E-state index is 12.3. The van der Waals surface area contributed by atoms with Crippen molar-refractivity contribution in [2.75, 3.05) is 11.1 Å². The van der Waals surface area contributed by atoms with Gasteiger partial charge in [0.1, 0.15) is 5.75 Å². The summed E-state index contributed by atoms with van der Waals surface area (Å²) in [7, 11) is 1.85. The zero-order valence-electron chi connectivity index (χ0n) is 16.9. The van der Waals surface area contributed by atoms with Crippen molar-refractivity contribution >= 4 is 46.6 Å². The zero-order valence-corrected chi connectivity index (χ0v) is 19.2. The number of benzene rings is 2. The third kappa shape index (κ3) is 5.47. The highest BCUT2D eigenvalue weighted by molar-refractivity contribution is 7.99. The molecule has 1 aromatic heterocycles. The molecule has 0 spiro atoms. The number of hydrogen-bond acceptors (Lipinski definition) is 5. The van der Waals surface area contributed by atoms with Crippen molar-refractivity contribution in [2.24, 2.45) is 7.05 Å². The standard InChI is InChI=1S/C21H22Cl2N4O2S/c1-4-14-8-10-15(11-9-14)29-13(2)20-25-26-21(27(20)3)30-12-18(28)24-17-7-5-6-16(22)19(17)23/h5-11,13H,4,12H2,1-3H3,(H,24,28)/t13-/m0/s1. The van der Waals surface area contributed by atoms with Gasteiger partial charge in [0.15, 0.2) is 17.1 Å². The number of thioether (sulfide) groups is 1. The normalized spacial score (nSPS) is 11.9. The summed E-state index contributed by atoms with van der Waals surface area (Å²) < 4.78 is 7.81. The van der Waals surface area contributed by atoms with Crippen LogP contribution in [0.4, 0.5) is 5.69 Å². The fourth-order valence-electron chi connectivity index (χ4n) is 2.78. The zero-order chi connectivity index (χ0) is 21.7. The van der Waals surface area contributed by atoms with E-state index in [0.717, 1.165) is 12.2 Å². The predicted molar refractivity (Wildman–Crippen MR) is 122 cm³/mol. The first kappa shape index (κ1) is 22.5. The lowest BCUT2D eigenvalue weighted by molar-refractivity contribution is -0.113. The van der Waals surface area contributed by atoms with Gasteiger partial charge in [-0.05, 0) is 43.2 Å². The number of amides is 1. The Bertz CT molecular complexity index is 1020. The van der Waals surface area contributed by atoms with E-state index in [-0.39, 0.29) is 17.8 Å². The van der Waals surface area contributed by atoms with Crippen molar-refractivity contribution in [3.05, 3.63) is 63.9 Å². The molecule has 2 aromatic carbocycles. The van der Waals surface area contributed by atoms with Gasteiger partial charge in [-0.1, -0.05) is 60.1 Å². The maximum Gasteiger partial charge on any atom is 0.234 e. The second-order valence-corrected chi connectivity index (χ2v) is 8.32. The first-order valence-corrected chi connectivity index (χ1v) is 11.1. The summed E-state index contributed by atoms with van der Waals surface area (Å²) in [5, 5.41) is 12.5. The molecule has 0 unspecified atom stereocenters. The van der Waals surface area contributed by atoms with Gasteiger partial charge >= 0.3 is 0 Å². The topological polar surface area (TPSA) is 69.0 Å². The van der Waals surface area contributed by atoms with Crippen LogP contribution < -0.4 is 10.1 Å². The largest absolute Gasteiger partial charge is 0.483 e. The molecule has 30 heavy (non-hydrogen) atoms. The van der Waals surface area contributed by atoms with Gasteiger partial charge in [-0.2, -0.15) is 0 Å². The van der Waals surface area contributed by atoms with Crippen LogP contribution in [0.2, 0.25) is 10.0 Å². The molecule has 0 bridgehead atoms. The number of aromatic nitrogens is 3. The van der Waals surface area contributed by atoms with E-state index in [1.807, 2.05) is 42.8 Å². The van der Waals surface area contributed by atoms with E-state index in [9.17, 15) is 4.79 Å². The third-order valence-electron chi connectivity index (χ3n) is 4.43. The lowest BCUT2D eigenvalue weighted by atomic mass is 10.2. The third-order valence-corrected chi connectivity index (χ3v) is 6.27. The highest BCUT2D eigenvalue weighted by atomic mass is 35.5. The number of rotatable bonds is 8. The maximum absolute atomic E-state index is 12.3. The molecule has 1 amide bonds. The van der Waals surface area contributed by atoms with Gasteiger partial charge in [-0.15, -0.1) is 10.2 Å². The first-order valence-electron chi connectivity index (χ1n) is 9.40. The molecule has 1 heterocycles. The number of anilines is 1. The summed E-state index contributed by atoms with van der Waals surface area (Å²) in [5.41, 5.74) is 1.73. The van der Waals surface area contributed by atoms with E-state index in [2.05, 4.69) is 22.4 Å². The Morgan fingerprint density at radius 2 is 1.93 bits per heavy atom. The van der Waals surface area contributed by atoms with Gasteiger partial charge in [0.25, 0.3) is 0 Å². The van der Waals surface area contributed by atoms with Gasteiger partial charge in [0.05, 0.1) is 21.5 Å². The Morgan fingerprint density at radius 3 is 2.63 bits per heavy atom. The SMILES string of the molecule is CCc1ccc(O[C@@H](C)c2nnc(SCC(=O)Nc3cccc(Cl)c3Cl)n2C)cc1. The predicted octanol–water partition coefficient (Wildman–Crippen LogP) is 5.56. The van der Waals surface area contributed by atoms with Crippen LogP contribution in [0.5, 0.6) is 5.75 Å². The minimum absolute atomic E-state index is 0.155. The average molecular weight is 465 g/mol. The molecular weight excluding hydrogens is 443 g/mol. The summed E-state index contributed by atoms with van der Waals surface area (Å²) in [6.07, 6.45) is 0.694. The quantitative estimate of drug-likeness (QED) is 0.442. The molecule has 9 heteroatoms. The van der Waals surface area contributed by atoms with E-state index in [4.69, 9.17) is 27.9 Å². The van der Waals surface area contributed by atoms with Gasteiger partial charge < -0.3 is 14.6 Å². The molecule has 0 radical (unpaired) electrons. The van der Waals surface area contributed by atoms with Crippen LogP contribution in [0.15, 0.2) is 47.6 Å². The summed E-state index contributed by atoms with van der Waals surface area (Å²) in [6.45, 7) is 4.03. The molecule has 0 aliphatic heterocycles. The number of halogens is 2. The van der Waals surface area contributed by atoms with Gasteiger partial charge in [-0.3, -0.25) is 4.79 Å². The van der Waals surface area contributed by atoms with Gasteiger partial charge in [0.2, 0.25) is 5.91 Å². The molecule has 3 rings (SSSR count). The highest BCUT2D eigenvalue weighted by Gasteiger charge is 2.18. The minimum Gasteiger partial charge on any atom is -0.483 e. The van der Waals surface area contributed by atoms with Crippen LogP contribution in [0.25, 0.3) is 0 Å². The van der Waals surface area contributed by atoms with Crippen molar-refractivity contribution in [3.8, 4) is 5.75 Å². The molecule has 1 atom stereocenters. The Kier molecular flexibility index (Phi) is 7.64. The number of ether oxygens (including phenoxy) is 1. The summed E-state index contributed by atoms with van der Waals surface area (Å²) >= 11 is 13.4. The second-order valence-electron chi connectivity index (χ2n) is 6.60. The van der Waals surface area contributed by atoms with Crippen LogP contribution in [-0.2, 0) is 18.3 Å². The lowest BCUT2D eigenvalue weighted by Gasteiger charge is -2.14. The monoisotopic (exact) mass is 464 g/mol. The van der Waals surface area contributed by atoms with Crippen molar-refractivity contribution in [3.63, 3.8) is 0 Å². The van der Waals surface area contributed by atoms with E-state index in [1.54, 1.807) is 18.2 Å². The van der Waals surface area contributed by atoms with Crippen LogP contribution in [0, 0.1) is 0 Å². The Morgan fingerprint density at radius 1 is 1.20 bits per heavy atom. The van der Waals surface area contributed by atoms with E-state index in [1.165, 1.54) is 17.3 Å². The number of aryl methyl sites for hydroxylation is 1. The second kappa shape index (κ2) is 10.2. The minimum atomic E-state index is -0.288. The highest BCUT2D eigenvalue weighted by Crippen LogP contribution is 2.30. The molecule has 3 aromatic rings. The molecule has 0 fully saturated rings. The Hall–Kier alpha value is -2.22. The summed E-state index contributed by atoms with van der Waals surface area (Å²) in [5.74, 6) is 1.39. The molecule has 0 aliphatic rings. The molecular formula is C21H22Cl2N4O2S. The van der Waals surface area contributed by atoms with Crippen LogP contribution in [0.3, 0.4) is 0 Å². The van der Waals surface area contributed by atoms with Crippen molar-refractivity contribution in [2.45, 2.75) is 31.5 Å². The number of hydrogen-bond donors (Lipinski definition) is 1. The van der Waals surface area contributed by atoms with Crippen LogP contribution >= 0.6 is 35.0 Å². The molecule has 1 N–H and O–H groups in total. The molecule has 0 saturated carbocycles. The Balaban J connectivity index is 1.59. The fourth-order valence-corrected chi connectivity index (χ4v) is 3.85. The summed E-state index contributed by atoms with van der Waals surface area (Å²) in [4.78, 5) is 12.3. The molecule has 158 valence electrons. The lowest BCUT2D eigenvalue weighted by Crippen LogP contribution is -2.15. The van der Waals surface area contributed by atoms with Crippen molar-refractivity contribution in [1.82, 2.24) is 14.8 Å². The number of carbonyl (C=O) groups excluding carboxylic acids is 1. The number of nitrogens with zero attached hydrogens (tertiary/aromatic N) is 3. The number of carbonyl (C=O) groups is 1. The van der Waals surface area contributed by atoms with Crippen molar-refractivity contribution < 1.29 is 9.53 Å². The van der Waals surface area contributed by atoms with Gasteiger partial charge in [-0.25, -0.2) is 0 Å². The fraction of sp³-hybridized carbons (Fsp3) is 0.286. The van der Waals surface area contributed by atoms with Crippen LogP contribution in [-0.4, -0.2) is 26.4 Å². The van der Waals surface area contributed by atoms with E-state index in [0.29, 0.717) is 26.7 Å². The number of nitrogens with one attached hydrogen (secondary N) is 1. The van der Waals surface area contributed by atoms with E-state index < -0.39 is 0 Å². The van der Waals surface area contributed by atoms with Crippen LogP contribution in [0.1, 0.15) is 31.3 Å². The Labute approximate surface area is 189 Å². The van der Waals surface area contributed by atoms with Crippen molar-refractivity contribution in [1.29, 1.82) is 0 Å². The average Bonchev–Trinajstić information content (AvgIpc) is 3.11. The molecule has 0 aliphatic carbocycles. The van der Waals surface area contributed by atoms with Gasteiger partial charge in [0, 0.05) is 7.05 Å².